The van der Waals surface area contributed by atoms with Crippen LogP contribution in [-0.2, 0) is 16.4 Å². The molecule has 0 spiro atoms. The SMILES string of the molecule is COc1ccc(C)cc1S(=O)(=O)N1CCN(CCc2nnc(-c3ccccc3)o2)CC1. The summed E-state index contributed by atoms with van der Waals surface area (Å²) in [5.41, 5.74) is 1.78. The van der Waals surface area contributed by atoms with Crippen LogP contribution in [-0.4, -0.2) is 67.7 Å². The summed E-state index contributed by atoms with van der Waals surface area (Å²) in [4.78, 5) is 2.44. The van der Waals surface area contributed by atoms with Gasteiger partial charge in [0.15, 0.2) is 0 Å². The zero-order valence-electron chi connectivity index (χ0n) is 17.7. The first kappa shape index (κ1) is 21.5. The van der Waals surface area contributed by atoms with E-state index < -0.39 is 10.0 Å². The first-order chi connectivity index (χ1) is 15.0. The van der Waals surface area contributed by atoms with Gasteiger partial charge in [0.05, 0.1) is 7.11 Å². The molecule has 0 unspecified atom stereocenters. The van der Waals surface area contributed by atoms with Crippen LogP contribution in [0.15, 0.2) is 57.8 Å². The van der Waals surface area contributed by atoms with Gasteiger partial charge in [-0.1, -0.05) is 24.3 Å². The van der Waals surface area contributed by atoms with Crippen molar-refractivity contribution in [2.75, 3.05) is 39.8 Å². The summed E-state index contributed by atoms with van der Waals surface area (Å²) in [6.07, 6.45) is 0.623. The van der Waals surface area contributed by atoms with Crippen molar-refractivity contribution in [1.82, 2.24) is 19.4 Å². The third-order valence-electron chi connectivity index (χ3n) is 5.40. The van der Waals surface area contributed by atoms with Crippen molar-refractivity contribution in [2.45, 2.75) is 18.2 Å². The Morgan fingerprint density at radius 3 is 2.48 bits per heavy atom. The van der Waals surface area contributed by atoms with E-state index in [1.165, 1.54) is 11.4 Å². The molecule has 1 fully saturated rings. The highest BCUT2D eigenvalue weighted by atomic mass is 32.2. The second-order valence-corrected chi connectivity index (χ2v) is 9.42. The minimum atomic E-state index is -3.60. The van der Waals surface area contributed by atoms with Gasteiger partial charge in [-0.2, -0.15) is 4.31 Å². The number of piperazine rings is 1. The fourth-order valence-electron chi connectivity index (χ4n) is 3.62. The van der Waals surface area contributed by atoms with E-state index in [1.54, 1.807) is 12.1 Å². The van der Waals surface area contributed by atoms with Crippen LogP contribution >= 0.6 is 0 Å². The molecule has 1 saturated heterocycles. The van der Waals surface area contributed by atoms with Gasteiger partial charge in [0.2, 0.25) is 21.8 Å². The highest BCUT2D eigenvalue weighted by Gasteiger charge is 2.31. The van der Waals surface area contributed by atoms with Gasteiger partial charge in [-0.05, 0) is 36.8 Å². The van der Waals surface area contributed by atoms with Crippen LogP contribution in [0.3, 0.4) is 0 Å². The molecule has 164 valence electrons. The molecule has 0 bridgehead atoms. The van der Waals surface area contributed by atoms with Crippen molar-refractivity contribution in [3.8, 4) is 17.2 Å². The van der Waals surface area contributed by atoms with Crippen molar-refractivity contribution in [3.05, 3.63) is 60.0 Å². The molecule has 0 N–H and O–H groups in total. The molecule has 0 radical (unpaired) electrons. The number of hydrogen-bond donors (Lipinski definition) is 0. The summed E-state index contributed by atoms with van der Waals surface area (Å²) in [7, 11) is -2.12. The maximum absolute atomic E-state index is 13.1. The molecule has 1 aromatic heterocycles. The van der Waals surface area contributed by atoms with Gasteiger partial charge in [0, 0.05) is 44.7 Å². The summed E-state index contributed by atoms with van der Waals surface area (Å²) in [5, 5.41) is 8.25. The molecule has 31 heavy (non-hydrogen) atoms. The maximum atomic E-state index is 13.1. The van der Waals surface area contributed by atoms with E-state index >= 15 is 0 Å². The first-order valence-corrected chi connectivity index (χ1v) is 11.7. The summed E-state index contributed by atoms with van der Waals surface area (Å²) in [6, 6.07) is 14.9. The Kier molecular flexibility index (Phi) is 6.35. The number of aryl methyl sites for hydroxylation is 1. The molecule has 0 atom stereocenters. The van der Waals surface area contributed by atoms with E-state index in [2.05, 4.69) is 15.1 Å². The number of ether oxygens (including phenoxy) is 1. The molecular formula is C22H26N4O4S. The largest absolute Gasteiger partial charge is 0.495 e. The second-order valence-electron chi connectivity index (χ2n) is 7.52. The lowest BCUT2D eigenvalue weighted by molar-refractivity contribution is 0.186. The van der Waals surface area contributed by atoms with Gasteiger partial charge in [0.1, 0.15) is 10.6 Å². The Labute approximate surface area is 182 Å². The average molecular weight is 443 g/mol. The van der Waals surface area contributed by atoms with Crippen molar-refractivity contribution in [3.63, 3.8) is 0 Å². The molecule has 3 aromatic rings. The maximum Gasteiger partial charge on any atom is 0.247 e. The minimum Gasteiger partial charge on any atom is -0.495 e. The molecule has 0 amide bonds. The van der Waals surface area contributed by atoms with Crippen molar-refractivity contribution in [1.29, 1.82) is 0 Å². The zero-order chi connectivity index (χ0) is 21.8. The highest BCUT2D eigenvalue weighted by Crippen LogP contribution is 2.28. The summed E-state index contributed by atoms with van der Waals surface area (Å²) < 4.78 is 38.8. The van der Waals surface area contributed by atoms with E-state index in [9.17, 15) is 8.42 Å². The molecule has 0 saturated carbocycles. The normalized spacial score (nSPS) is 15.8. The number of rotatable bonds is 7. The number of benzene rings is 2. The number of hydrogen-bond acceptors (Lipinski definition) is 7. The average Bonchev–Trinajstić information content (AvgIpc) is 3.28. The third-order valence-corrected chi connectivity index (χ3v) is 7.32. The molecule has 4 rings (SSSR count). The molecule has 1 aliphatic heterocycles. The van der Waals surface area contributed by atoms with Gasteiger partial charge < -0.3 is 14.1 Å². The zero-order valence-corrected chi connectivity index (χ0v) is 18.5. The Balaban J connectivity index is 1.34. The third kappa shape index (κ3) is 4.79. The topological polar surface area (TPSA) is 88.8 Å². The fraction of sp³-hybridized carbons (Fsp3) is 0.364. The molecule has 8 nitrogen and oxygen atoms in total. The lowest BCUT2D eigenvalue weighted by atomic mass is 10.2. The van der Waals surface area contributed by atoms with Gasteiger partial charge in [-0.15, -0.1) is 10.2 Å². The Bertz CT molecular complexity index is 1120. The van der Waals surface area contributed by atoms with Gasteiger partial charge in [0.25, 0.3) is 0 Å². The van der Waals surface area contributed by atoms with Crippen LogP contribution in [0.2, 0.25) is 0 Å². The Morgan fingerprint density at radius 2 is 1.77 bits per heavy atom. The van der Waals surface area contributed by atoms with Crippen LogP contribution in [0.5, 0.6) is 5.75 Å². The predicted molar refractivity (Wildman–Crippen MR) is 116 cm³/mol. The number of sulfonamides is 1. The smallest absolute Gasteiger partial charge is 0.247 e. The van der Waals surface area contributed by atoms with Gasteiger partial charge in [-0.25, -0.2) is 8.42 Å². The van der Waals surface area contributed by atoms with E-state index in [1.807, 2.05) is 43.3 Å². The molecule has 0 aliphatic carbocycles. The van der Waals surface area contributed by atoms with E-state index in [-0.39, 0.29) is 4.90 Å². The van der Waals surface area contributed by atoms with Gasteiger partial charge >= 0.3 is 0 Å². The lowest BCUT2D eigenvalue weighted by Gasteiger charge is -2.34. The molecule has 9 heteroatoms. The molecular weight excluding hydrogens is 416 g/mol. The Morgan fingerprint density at radius 1 is 1.03 bits per heavy atom. The second kappa shape index (κ2) is 9.17. The van der Waals surface area contributed by atoms with E-state index in [0.29, 0.717) is 50.1 Å². The summed E-state index contributed by atoms with van der Waals surface area (Å²) in [6.45, 7) is 4.76. The van der Waals surface area contributed by atoms with Crippen LogP contribution < -0.4 is 4.74 Å². The van der Waals surface area contributed by atoms with Crippen molar-refractivity contribution in [2.24, 2.45) is 0 Å². The Hall–Kier alpha value is -2.75. The molecule has 2 heterocycles. The van der Waals surface area contributed by atoms with Crippen molar-refractivity contribution >= 4 is 10.0 Å². The van der Waals surface area contributed by atoms with Crippen LogP contribution in [0.1, 0.15) is 11.5 Å². The predicted octanol–water partition coefficient (Wildman–Crippen LogP) is 2.60. The summed E-state index contributed by atoms with van der Waals surface area (Å²) >= 11 is 0. The van der Waals surface area contributed by atoms with E-state index in [0.717, 1.165) is 17.7 Å². The lowest BCUT2D eigenvalue weighted by Crippen LogP contribution is -2.49. The van der Waals surface area contributed by atoms with E-state index in [4.69, 9.17) is 9.15 Å². The van der Waals surface area contributed by atoms with Crippen LogP contribution in [0.25, 0.3) is 11.5 Å². The number of methoxy groups -OCH3 is 1. The van der Waals surface area contributed by atoms with Crippen LogP contribution in [0, 0.1) is 6.92 Å². The minimum absolute atomic E-state index is 0.225. The number of nitrogens with zero attached hydrogens (tertiary/aromatic N) is 4. The standard InChI is InChI=1S/C22H26N4O4S/c1-17-8-9-19(29-2)20(16-17)31(27,28)26-14-12-25(13-15-26)11-10-21-23-24-22(30-21)18-6-4-3-5-7-18/h3-9,16H,10-15H2,1-2H3. The van der Waals surface area contributed by atoms with Crippen LogP contribution in [0.4, 0.5) is 0 Å². The fourth-order valence-corrected chi connectivity index (χ4v) is 5.29. The summed E-state index contributed by atoms with van der Waals surface area (Å²) in [5.74, 6) is 1.47. The monoisotopic (exact) mass is 442 g/mol. The molecule has 2 aromatic carbocycles. The first-order valence-electron chi connectivity index (χ1n) is 10.2. The van der Waals surface area contributed by atoms with Gasteiger partial charge in [-0.3, -0.25) is 0 Å². The molecule has 1 aliphatic rings. The number of aromatic nitrogens is 2. The van der Waals surface area contributed by atoms with Crippen molar-refractivity contribution < 1.29 is 17.6 Å². The highest BCUT2D eigenvalue weighted by molar-refractivity contribution is 7.89. The quantitative estimate of drug-likeness (QED) is 0.556.